The van der Waals surface area contributed by atoms with Crippen LogP contribution in [0.5, 0.6) is 0 Å². The van der Waals surface area contributed by atoms with Crippen LogP contribution in [0.25, 0.3) is 0 Å². The molecule has 3 N–H and O–H groups in total. The fourth-order valence-electron chi connectivity index (χ4n) is 1.36. The molecule has 7 heteroatoms. The molecule has 19 heavy (non-hydrogen) atoms. The maximum absolute atomic E-state index is 11.7. The zero-order chi connectivity index (χ0) is 14.5. The Hall–Kier alpha value is -1.56. The number of halogens is 1. The van der Waals surface area contributed by atoms with Crippen LogP contribution in [0.3, 0.4) is 0 Å². The van der Waals surface area contributed by atoms with Crippen LogP contribution in [0.1, 0.15) is 27.7 Å². The summed E-state index contributed by atoms with van der Waals surface area (Å²) in [6.07, 6.45) is 1.50. The van der Waals surface area contributed by atoms with Crippen molar-refractivity contribution < 1.29 is 4.79 Å². The van der Waals surface area contributed by atoms with Gasteiger partial charge in [-0.15, -0.1) is 0 Å². The van der Waals surface area contributed by atoms with E-state index in [1.807, 2.05) is 27.7 Å². The van der Waals surface area contributed by atoms with Gasteiger partial charge < -0.3 is 16.0 Å². The standard InChI is InChI=1S/C12H20ClN5O/c1-5-14-11-16-6-8(13)10(17-11)15-7-9(19)18-12(2,3)4/h6H,5,7H2,1-4H3,(H,18,19)(H2,14,15,16,17). The Bertz CT molecular complexity index is 444. The molecule has 1 rings (SSSR count). The molecule has 0 radical (unpaired) electrons. The summed E-state index contributed by atoms with van der Waals surface area (Å²) in [7, 11) is 0. The van der Waals surface area contributed by atoms with Crippen LogP contribution < -0.4 is 16.0 Å². The maximum Gasteiger partial charge on any atom is 0.239 e. The first-order chi connectivity index (χ1) is 8.81. The third-order valence-electron chi connectivity index (χ3n) is 2.01. The lowest BCUT2D eigenvalue weighted by atomic mass is 10.1. The molecule has 0 saturated heterocycles. The quantitative estimate of drug-likeness (QED) is 0.770. The number of rotatable bonds is 5. The molecule has 0 aliphatic carbocycles. The molecule has 6 nitrogen and oxygen atoms in total. The van der Waals surface area contributed by atoms with Gasteiger partial charge in [0.15, 0.2) is 5.82 Å². The van der Waals surface area contributed by atoms with Crippen LogP contribution in [-0.4, -0.2) is 34.5 Å². The predicted octanol–water partition coefficient (Wildman–Crippen LogP) is 1.89. The lowest BCUT2D eigenvalue weighted by molar-refractivity contribution is -0.120. The van der Waals surface area contributed by atoms with Gasteiger partial charge in [-0.25, -0.2) is 4.98 Å². The van der Waals surface area contributed by atoms with Crippen molar-refractivity contribution in [2.75, 3.05) is 23.7 Å². The minimum Gasteiger partial charge on any atom is -0.360 e. The lowest BCUT2D eigenvalue weighted by Crippen LogP contribution is -2.43. The molecule has 0 aliphatic heterocycles. The summed E-state index contributed by atoms with van der Waals surface area (Å²) in [6.45, 7) is 8.54. The number of amides is 1. The summed E-state index contributed by atoms with van der Waals surface area (Å²) in [5, 5.41) is 9.10. The van der Waals surface area contributed by atoms with Crippen molar-refractivity contribution in [3.05, 3.63) is 11.2 Å². The minimum absolute atomic E-state index is 0.111. The van der Waals surface area contributed by atoms with E-state index in [9.17, 15) is 4.79 Å². The molecule has 1 aromatic heterocycles. The van der Waals surface area contributed by atoms with Gasteiger partial charge >= 0.3 is 0 Å². The second-order valence-electron chi connectivity index (χ2n) is 5.07. The number of aromatic nitrogens is 2. The minimum atomic E-state index is -0.261. The van der Waals surface area contributed by atoms with E-state index >= 15 is 0 Å². The van der Waals surface area contributed by atoms with Gasteiger partial charge in [-0.3, -0.25) is 4.79 Å². The van der Waals surface area contributed by atoms with Crippen molar-refractivity contribution in [2.24, 2.45) is 0 Å². The van der Waals surface area contributed by atoms with Gasteiger partial charge in [0.25, 0.3) is 0 Å². The molecule has 0 aliphatic rings. The molecule has 106 valence electrons. The highest BCUT2D eigenvalue weighted by molar-refractivity contribution is 6.32. The van der Waals surface area contributed by atoms with E-state index < -0.39 is 0 Å². The van der Waals surface area contributed by atoms with Gasteiger partial charge in [0, 0.05) is 12.1 Å². The van der Waals surface area contributed by atoms with Gasteiger partial charge in [0.05, 0.1) is 12.7 Å². The molecule has 1 aromatic rings. The molecule has 0 bridgehead atoms. The fourth-order valence-corrected chi connectivity index (χ4v) is 1.52. The summed E-state index contributed by atoms with van der Waals surface area (Å²) in [5.41, 5.74) is -0.261. The predicted molar refractivity (Wildman–Crippen MR) is 77.6 cm³/mol. The Morgan fingerprint density at radius 2 is 2.05 bits per heavy atom. The van der Waals surface area contributed by atoms with Crippen LogP contribution in [0, 0.1) is 0 Å². The van der Waals surface area contributed by atoms with E-state index in [1.165, 1.54) is 6.20 Å². The third kappa shape index (κ3) is 5.74. The van der Waals surface area contributed by atoms with Crippen molar-refractivity contribution in [1.82, 2.24) is 15.3 Å². The van der Waals surface area contributed by atoms with Crippen molar-refractivity contribution in [2.45, 2.75) is 33.2 Å². The zero-order valence-corrected chi connectivity index (χ0v) is 12.4. The van der Waals surface area contributed by atoms with Crippen molar-refractivity contribution in [1.29, 1.82) is 0 Å². The van der Waals surface area contributed by atoms with Crippen molar-refractivity contribution in [3.63, 3.8) is 0 Å². The van der Waals surface area contributed by atoms with Crippen LogP contribution in [0.2, 0.25) is 5.02 Å². The van der Waals surface area contributed by atoms with E-state index in [-0.39, 0.29) is 18.0 Å². The number of carbonyl (C=O) groups is 1. The molecule has 0 aromatic carbocycles. The second-order valence-corrected chi connectivity index (χ2v) is 5.48. The molecule has 1 amide bonds. The van der Waals surface area contributed by atoms with Crippen LogP contribution in [-0.2, 0) is 4.79 Å². The monoisotopic (exact) mass is 285 g/mol. The summed E-state index contributed by atoms with van der Waals surface area (Å²) in [6, 6.07) is 0. The average molecular weight is 286 g/mol. The molecule has 1 heterocycles. The number of nitrogens with one attached hydrogen (secondary N) is 3. The number of hydrogen-bond acceptors (Lipinski definition) is 5. The number of hydrogen-bond donors (Lipinski definition) is 3. The lowest BCUT2D eigenvalue weighted by Gasteiger charge is -2.20. The number of nitrogens with zero attached hydrogens (tertiary/aromatic N) is 2. The van der Waals surface area contributed by atoms with E-state index in [0.717, 1.165) is 0 Å². The van der Waals surface area contributed by atoms with Gasteiger partial charge in [0.2, 0.25) is 11.9 Å². The number of anilines is 2. The maximum atomic E-state index is 11.7. The highest BCUT2D eigenvalue weighted by Crippen LogP contribution is 2.18. The highest BCUT2D eigenvalue weighted by atomic mass is 35.5. The Labute approximate surface area is 118 Å². The van der Waals surface area contributed by atoms with E-state index in [4.69, 9.17) is 11.6 Å². The van der Waals surface area contributed by atoms with E-state index in [1.54, 1.807) is 0 Å². The first-order valence-corrected chi connectivity index (χ1v) is 6.51. The zero-order valence-electron chi connectivity index (χ0n) is 11.7. The topological polar surface area (TPSA) is 78.9 Å². The van der Waals surface area contributed by atoms with Crippen LogP contribution in [0.15, 0.2) is 6.20 Å². The van der Waals surface area contributed by atoms with E-state index in [2.05, 4.69) is 25.9 Å². The molecule has 0 unspecified atom stereocenters. The van der Waals surface area contributed by atoms with Crippen molar-refractivity contribution in [3.8, 4) is 0 Å². The molecule has 0 fully saturated rings. The Morgan fingerprint density at radius 1 is 1.37 bits per heavy atom. The van der Waals surface area contributed by atoms with Crippen LogP contribution in [0.4, 0.5) is 11.8 Å². The smallest absolute Gasteiger partial charge is 0.239 e. The largest absolute Gasteiger partial charge is 0.360 e. The van der Waals surface area contributed by atoms with Gasteiger partial charge in [-0.05, 0) is 27.7 Å². The van der Waals surface area contributed by atoms with Crippen molar-refractivity contribution >= 4 is 29.3 Å². The van der Waals surface area contributed by atoms with E-state index in [0.29, 0.717) is 23.3 Å². The average Bonchev–Trinajstić information content (AvgIpc) is 2.28. The van der Waals surface area contributed by atoms with Gasteiger partial charge in [0.1, 0.15) is 5.02 Å². The van der Waals surface area contributed by atoms with Crippen LogP contribution >= 0.6 is 11.6 Å². The number of carbonyl (C=O) groups excluding carboxylic acids is 1. The second kappa shape index (κ2) is 6.56. The molecule has 0 saturated carbocycles. The molecule has 0 atom stereocenters. The summed E-state index contributed by atoms with van der Waals surface area (Å²) in [4.78, 5) is 19.9. The first kappa shape index (κ1) is 15.5. The summed E-state index contributed by atoms with van der Waals surface area (Å²) >= 11 is 5.97. The van der Waals surface area contributed by atoms with Gasteiger partial charge in [-0.1, -0.05) is 11.6 Å². The Kier molecular flexibility index (Phi) is 5.35. The molecular weight excluding hydrogens is 266 g/mol. The molecular formula is C12H20ClN5O. The molecule has 0 spiro atoms. The Balaban J connectivity index is 2.61. The summed E-state index contributed by atoms with van der Waals surface area (Å²) in [5.74, 6) is 0.800. The third-order valence-corrected chi connectivity index (χ3v) is 2.29. The highest BCUT2D eigenvalue weighted by Gasteiger charge is 2.14. The first-order valence-electron chi connectivity index (χ1n) is 6.13. The summed E-state index contributed by atoms with van der Waals surface area (Å²) < 4.78 is 0. The SMILES string of the molecule is CCNc1ncc(Cl)c(NCC(=O)NC(C)(C)C)n1. The fraction of sp³-hybridized carbons (Fsp3) is 0.583. The normalized spacial score (nSPS) is 11.0. The van der Waals surface area contributed by atoms with Gasteiger partial charge in [-0.2, -0.15) is 4.98 Å². The Morgan fingerprint density at radius 3 is 2.63 bits per heavy atom.